The van der Waals surface area contributed by atoms with E-state index in [2.05, 4.69) is 10.3 Å². The lowest BCUT2D eigenvalue weighted by molar-refractivity contribution is -0.128. The molecule has 0 unspecified atom stereocenters. The van der Waals surface area contributed by atoms with Gasteiger partial charge in [-0.2, -0.15) is 0 Å². The third-order valence-corrected chi connectivity index (χ3v) is 5.85. The summed E-state index contributed by atoms with van der Waals surface area (Å²) in [4.78, 5) is 43.8. The summed E-state index contributed by atoms with van der Waals surface area (Å²) in [6.07, 6.45) is 4.09. The Morgan fingerprint density at radius 1 is 1.18 bits per heavy atom. The Labute approximate surface area is 192 Å². The highest BCUT2D eigenvalue weighted by Crippen LogP contribution is 2.23. The fourth-order valence-corrected chi connectivity index (χ4v) is 4.02. The predicted molar refractivity (Wildman–Crippen MR) is 123 cm³/mol. The van der Waals surface area contributed by atoms with Crippen LogP contribution in [0.2, 0.25) is 0 Å². The smallest absolute Gasteiger partial charge is 0.229 e. The van der Waals surface area contributed by atoms with Crippen molar-refractivity contribution in [1.82, 2.24) is 14.5 Å². The van der Waals surface area contributed by atoms with Gasteiger partial charge in [-0.05, 0) is 30.2 Å². The number of carbonyl (C=O) groups excluding carboxylic acids is 3. The van der Waals surface area contributed by atoms with E-state index in [4.69, 9.17) is 4.74 Å². The number of hydrogen-bond donors (Lipinski definition) is 1. The number of amides is 2. The third-order valence-electron chi connectivity index (χ3n) is 5.85. The zero-order valence-electron chi connectivity index (χ0n) is 18.7. The number of hydrogen-bond acceptors (Lipinski definition) is 5. The quantitative estimate of drug-likeness (QED) is 0.537. The minimum Gasteiger partial charge on any atom is -0.496 e. The Morgan fingerprint density at radius 2 is 2.00 bits per heavy atom. The van der Waals surface area contributed by atoms with Gasteiger partial charge in [0.15, 0.2) is 5.82 Å². The number of aryl methyl sites for hydroxylation is 1. The number of nitrogens with one attached hydrogen (secondary N) is 1. The van der Waals surface area contributed by atoms with Crippen molar-refractivity contribution in [2.75, 3.05) is 25.5 Å². The molecular weight excluding hydrogens is 420 g/mol. The number of benzene rings is 2. The Hall–Kier alpha value is -3.94. The first kappa shape index (κ1) is 22.3. The third kappa shape index (κ3) is 4.95. The van der Waals surface area contributed by atoms with Gasteiger partial charge in [-0.1, -0.05) is 30.3 Å². The molecule has 1 atom stereocenters. The molecule has 2 amide bonds. The van der Waals surface area contributed by atoms with E-state index in [1.165, 1.54) is 0 Å². The molecule has 0 bridgehead atoms. The van der Waals surface area contributed by atoms with Gasteiger partial charge < -0.3 is 19.5 Å². The van der Waals surface area contributed by atoms with Crippen LogP contribution >= 0.6 is 0 Å². The average Bonchev–Trinajstić information content (AvgIpc) is 3.42. The van der Waals surface area contributed by atoms with Gasteiger partial charge in [-0.25, -0.2) is 4.98 Å². The van der Waals surface area contributed by atoms with Crippen LogP contribution in [0.1, 0.15) is 28.2 Å². The molecule has 1 aliphatic rings. The van der Waals surface area contributed by atoms with Crippen molar-refractivity contribution in [3.05, 3.63) is 77.9 Å². The highest BCUT2D eigenvalue weighted by Gasteiger charge is 2.34. The fourth-order valence-electron chi connectivity index (χ4n) is 4.02. The Bertz CT molecular complexity index is 1190. The van der Waals surface area contributed by atoms with Crippen molar-refractivity contribution in [1.29, 1.82) is 0 Å². The number of nitrogens with zero attached hydrogens (tertiary/aromatic N) is 3. The van der Waals surface area contributed by atoms with Crippen molar-refractivity contribution < 1.29 is 19.1 Å². The van der Waals surface area contributed by atoms with Crippen LogP contribution in [0.15, 0.2) is 60.9 Å². The van der Waals surface area contributed by atoms with E-state index in [0.29, 0.717) is 36.6 Å². The van der Waals surface area contributed by atoms with E-state index in [9.17, 15) is 14.4 Å². The van der Waals surface area contributed by atoms with E-state index in [1.54, 1.807) is 60.3 Å². The normalized spacial score (nSPS) is 15.5. The Balaban J connectivity index is 1.37. The molecule has 1 N–H and O–H groups in total. The number of rotatable bonds is 8. The second-order valence-electron chi connectivity index (χ2n) is 8.06. The summed E-state index contributed by atoms with van der Waals surface area (Å²) in [6.45, 7) is 0.891. The van der Waals surface area contributed by atoms with Crippen LogP contribution in [-0.4, -0.2) is 52.2 Å². The van der Waals surface area contributed by atoms with Crippen LogP contribution in [0.5, 0.6) is 5.75 Å². The Morgan fingerprint density at radius 3 is 2.76 bits per heavy atom. The number of anilines is 1. The summed E-state index contributed by atoms with van der Waals surface area (Å²) in [6, 6.07) is 14.5. The highest BCUT2D eigenvalue weighted by molar-refractivity contribution is 6.07. The maximum Gasteiger partial charge on any atom is 0.229 e. The number of para-hydroxylation sites is 1. The van der Waals surface area contributed by atoms with Crippen LogP contribution in [-0.2, 0) is 23.1 Å². The van der Waals surface area contributed by atoms with E-state index in [1.807, 2.05) is 24.3 Å². The largest absolute Gasteiger partial charge is 0.496 e. The van der Waals surface area contributed by atoms with E-state index in [-0.39, 0.29) is 24.0 Å². The van der Waals surface area contributed by atoms with Gasteiger partial charge in [0.2, 0.25) is 17.6 Å². The van der Waals surface area contributed by atoms with Gasteiger partial charge in [0, 0.05) is 50.2 Å². The molecule has 170 valence electrons. The molecule has 8 heteroatoms. The van der Waals surface area contributed by atoms with Crippen LogP contribution in [0.3, 0.4) is 0 Å². The number of ketones is 1. The summed E-state index contributed by atoms with van der Waals surface area (Å²) in [5, 5.41) is 2.85. The lowest BCUT2D eigenvalue weighted by Crippen LogP contribution is -2.30. The van der Waals surface area contributed by atoms with Crippen LogP contribution in [0, 0.1) is 5.92 Å². The summed E-state index contributed by atoms with van der Waals surface area (Å²) in [5.41, 5.74) is 1.97. The number of imidazole rings is 1. The van der Waals surface area contributed by atoms with Gasteiger partial charge in [0.05, 0.1) is 13.0 Å². The van der Waals surface area contributed by atoms with E-state index < -0.39 is 5.92 Å². The maximum atomic E-state index is 12.8. The molecule has 0 saturated carbocycles. The van der Waals surface area contributed by atoms with Gasteiger partial charge in [-0.15, -0.1) is 0 Å². The van der Waals surface area contributed by atoms with E-state index in [0.717, 1.165) is 11.3 Å². The van der Waals surface area contributed by atoms with Crippen LogP contribution in [0.4, 0.5) is 5.69 Å². The molecular formula is C25H26N4O4. The summed E-state index contributed by atoms with van der Waals surface area (Å²) in [7, 11) is 3.38. The zero-order chi connectivity index (χ0) is 23.4. The molecule has 8 nitrogen and oxygen atoms in total. The first-order chi connectivity index (χ1) is 16.0. The van der Waals surface area contributed by atoms with Crippen molar-refractivity contribution in [2.24, 2.45) is 13.0 Å². The summed E-state index contributed by atoms with van der Waals surface area (Å²) >= 11 is 0. The molecule has 33 heavy (non-hydrogen) atoms. The SMILES string of the molecule is COc1ccccc1CCN1C[C@@H](C(=O)Nc2cccc(C(=O)c3nccn3C)c2)CC1=O. The van der Waals surface area contributed by atoms with Crippen molar-refractivity contribution in [2.45, 2.75) is 12.8 Å². The molecule has 1 aliphatic heterocycles. The summed E-state index contributed by atoms with van der Waals surface area (Å²) < 4.78 is 7.02. The second-order valence-corrected chi connectivity index (χ2v) is 8.06. The van der Waals surface area contributed by atoms with Gasteiger partial charge >= 0.3 is 0 Å². The maximum absolute atomic E-state index is 12.8. The van der Waals surface area contributed by atoms with Crippen molar-refractivity contribution in [3.8, 4) is 5.75 Å². The highest BCUT2D eigenvalue weighted by atomic mass is 16.5. The number of carbonyl (C=O) groups is 3. The monoisotopic (exact) mass is 446 g/mol. The number of methoxy groups -OCH3 is 1. The van der Waals surface area contributed by atoms with Gasteiger partial charge in [-0.3, -0.25) is 14.4 Å². The zero-order valence-corrected chi connectivity index (χ0v) is 18.7. The summed E-state index contributed by atoms with van der Waals surface area (Å²) in [5.74, 6) is 0.179. The molecule has 2 aromatic carbocycles. The first-order valence-corrected chi connectivity index (χ1v) is 10.8. The van der Waals surface area contributed by atoms with E-state index >= 15 is 0 Å². The van der Waals surface area contributed by atoms with Crippen LogP contribution < -0.4 is 10.1 Å². The lowest BCUT2D eigenvalue weighted by atomic mass is 10.1. The molecule has 0 radical (unpaired) electrons. The topological polar surface area (TPSA) is 93.5 Å². The Kier molecular flexibility index (Phi) is 6.53. The standard InChI is InChI=1S/C25H26N4O4/c1-28-13-11-26-24(28)23(31)18-7-5-8-20(14-18)27-25(32)19-15-22(30)29(16-19)12-10-17-6-3-4-9-21(17)33-2/h3-9,11,13-14,19H,10,12,15-16H2,1-2H3,(H,27,32)/t19-/m0/s1. The molecule has 3 aromatic rings. The van der Waals surface area contributed by atoms with Gasteiger partial charge in [0.25, 0.3) is 0 Å². The van der Waals surface area contributed by atoms with Crippen LogP contribution in [0.25, 0.3) is 0 Å². The molecule has 0 spiro atoms. The molecule has 2 heterocycles. The number of ether oxygens (including phenoxy) is 1. The number of likely N-dealkylation sites (tertiary alicyclic amines) is 1. The molecule has 1 aromatic heterocycles. The molecule has 4 rings (SSSR count). The second kappa shape index (κ2) is 9.68. The number of aromatic nitrogens is 2. The molecule has 1 saturated heterocycles. The fraction of sp³-hybridized carbons (Fsp3) is 0.280. The van der Waals surface area contributed by atoms with Crippen molar-refractivity contribution in [3.63, 3.8) is 0 Å². The minimum absolute atomic E-state index is 0.0382. The predicted octanol–water partition coefficient (Wildman–Crippen LogP) is 2.69. The first-order valence-electron chi connectivity index (χ1n) is 10.8. The lowest BCUT2D eigenvalue weighted by Gasteiger charge is -2.17. The average molecular weight is 447 g/mol. The van der Waals surface area contributed by atoms with Gasteiger partial charge in [0.1, 0.15) is 5.75 Å². The minimum atomic E-state index is -0.441. The molecule has 0 aliphatic carbocycles. The van der Waals surface area contributed by atoms with Crippen molar-refractivity contribution >= 4 is 23.3 Å². The molecule has 1 fully saturated rings.